The molecule has 0 heterocycles. The number of nitrogens with one attached hydrogen (secondary N) is 2. The minimum Gasteiger partial charge on any atom is -0.467 e. The summed E-state index contributed by atoms with van der Waals surface area (Å²) in [6.45, 7) is 1.62. The first kappa shape index (κ1) is 19.9. The van der Waals surface area contributed by atoms with E-state index >= 15 is 0 Å². The fourth-order valence-electron chi connectivity index (χ4n) is 3.33. The van der Waals surface area contributed by atoms with Gasteiger partial charge in [0.1, 0.15) is 6.04 Å². The quantitative estimate of drug-likeness (QED) is 0.732. The molecular weight excluding hydrogens is 332 g/mol. The lowest BCUT2D eigenvalue weighted by atomic mass is 9.87. The van der Waals surface area contributed by atoms with Gasteiger partial charge in [-0.3, -0.25) is 9.59 Å². The van der Waals surface area contributed by atoms with Crippen LogP contribution < -0.4 is 10.6 Å². The van der Waals surface area contributed by atoms with Crippen LogP contribution in [0.5, 0.6) is 0 Å². The second-order valence-electron chi connectivity index (χ2n) is 6.87. The van der Waals surface area contributed by atoms with Crippen LogP contribution in [0.4, 0.5) is 0 Å². The first-order valence-corrected chi connectivity index (χ1v) is 9.23. The Morgan fingerprint density at radius 1 is 1.08 bits per heavy atom. The molecule has 0 radical (unpaired) electrons. The van der Waals surface area contributed by atoms with Gasteiger partial charge >= 0.3 is 5.97 Å². The van der Waals surface area contributed by atoms with Gasteiger partial charge in [0.05, 0.1) is 7.11 Å². The first-order chi connectivity index (χ1) is 12.5. The Morgan fingerprint density at radius 2 is 1.73 bits per heavy atom. The Bertz CT molecular complexity index is 611. The van der Waals surface area contributed by atoms with Crippen LogP contribution in [0.25, 0.3) is 0 Å². The molecule has 0 saturated heterocycles. The molecule has 2 atom stereocenters. The van der Waals surface area contributed by atoms with Crippen LogP contribution in [-0.4, -0.2) is 30.9 Å². The molecule has 0 spiro atoms. The number of amides is 2. The highest BCUT2D eigenvalue weighted by Gasteiger charge is 2.27. The SMILES string of the molecule is COC(=O)C(NC(=O)C(C)NC(=O)CC1CCCCC1)c1ccccc1. The molecule has 1 saturated carbocycles. The summed E-state index contributed by atoms with van der Waals surface area (Å²) in [5.74, 6) is -0.674. The van der Waals surface area contributed by atoms with Crippen LogP contribution >= 0.6 is 0 Å². The van der Waals surface area contributed by atoms with Gasteiger partial charge in [-0.25, -0.2) is 4.79 Å². The molecule has 1 aliphatic carbocycles. The van der Waals surface area contributed by atoms with Crippen molar-refractivity contribution in [3.63, 3.8) is 0 Å². The number of esters is 1. The highest BCUT2D eigenvalue weighted by Crippen LogP contribution is 2.26. The highest BCUT2D eigenvalue weighted by atomic mass is 16.5. The van der Waals surface area contributed by atoms with E-state index in [-0.39, 0.29) is 5.91 Å². The minimum absolute atomic E-state index is 0.117. The number of carbonyl (C=O) groups excluding carboxylic acids is 3. The average molecular weight is 360 g/mol. The molecule has 6 nitrogen and oxygen atoms in total. The normalized spacial score (nSPS) is 17.0. The third-order valence-electron chi connectivity index (χ3n) is 4.83. The maximum absolute atomic E-state index is 12.4. The molecule has 142 valence electrons. The third kappa shape index (κ3) is 5.86. The molecule has 1 aromatic carbocycles. The number of ether oxygens (including phenoxy) is 1. The zero-order valence-electron chi connectivity index (χ0n) is 15.5. The molecule has 2 N–H and O–H groups in total. The number of hydrogen-bond donors (Lipinski definition) is 2. The van der Waals surface area contributed by atoms with Gasteiger partial charge in [0, 0.05) is 6.42 Å². The molecular formula is C20H28N2O4. The largest absolute Gasteiger partial charge is 0.467 e. The second kappa shape index (κ2) is 9.94. The van der Waals surface area contributed by atoms with E-state index in [1.54, 1.807) is 31.2 Å². The van der Waals surface area contributed by atoms with Gasteiger partial charge in [-0.05, 0) is 31.2 Å². The Hall–Kier alpha value is -2.37. The lowest BCUT2D eigenvalue weighted by Crippen LogP contribution is -2.47. The maximum atomic E-state index is 12.4. The van der Waals surface area contributed by atoms with Crippen molar-refractivity contribution in [2.45, 2.75) is 57.5 Å². The molecule has 0 bridgehead atoms. The number of hydrogen-bond acceptors (Lipinski definition) is 4. The van der Waals surface area contributed by atoms with Gasteiger partial charge in [-0.1, -0.05) is 49.6 Å². The Labute approximate surface area is 154 Å². The van der Waals surface area contributed by atoms with E-state index in [2.05, 4.69) is 10.6 Å². The van der Waals surface area contributed by atoms with Crippen LogP contribution in [0.1, 0.15) is 57.1 Å². The van der Waals surface area contributed by atoms with Crippen molar-refractivity contribution in [3.05, 3.63) is 35.9 Å². The molecule has 0 aromatic heterocycles. The number of carbonyl (C=O) groups is 3. The monoisotopic (exact) mass is 360 g/mol. The number of methoxy groups -OCH3 is 1. The summed E-state index contributed by atoms with van der Waals surface area (Å²) in [5, 5.41) is 5.40. The van der Waals surface area contributed by atoms with Crippen LogP contribution in [0.3, 0.4) is 0 Å². The highest BCUT2D eigenvalue weighted by molar-refractivity contribution is 5.90. The topological polar surface area (TPSA) is 84.5 Å². The lowest BCUT2D eigenvalue weighted by molar-refractivity contribution is -0.145. The van der Waals surface area contributed by atoms with E-state index in [4.69, 9.17) is 4.74 Å². The predicted octanol–water partition coefficient (Wildman–Crippen LogP) is 2.49. The Morgan fingerprint density at radius 3 is 2.35 bits per heavy atom. The van der Waals surface area contributed by atoms with Crippen LogP contribution in [-0.2, 0) is 19.1 Å². The molecule has 1 aromatic rings. The standard InChI is InChI=1S/C20H28N2O4/c1-14(21-17(23)13-15-9-5-3-6-10-15)19(24)22-18(20(25)26-2)16-11-7-4-8-12-16/h4,7-8,11-12,14-15,18H,3,5-6,9-10,13H2,1-2H3,(H,21,23)(H,22,24). The van der Waals surface area contributed by atoms with Crippen molar-refractivity contribution in [2.75, 3.05) is 7.11 Å². The minimum atomic E-state index is -0.897. The molecule has 2 rings (SSSR count). The van der Waals surface area contributed by atoms with E-state index in [9.17, 15) is 14.4 Å². The number of rotatable bonds is 7. The zero-order valence-corrected chi connectivity index (χ0v) is 15.5. The summed E-state index contributed by atoms with van der Waals surface area (Å²) >= 11 is 0. The van der Waals surface area contributed by atoms with Gasteiger partial charge in [0.25, 0.3) is 0 Å². The summed E-state index contributed by atoms with van der Waals surface area (Å²) in [5.41, 5.74) is 0.633. The zero-order chi connectivity index (χ0) is 18.9. The van der Waals surface area contributed by atoms with Crippen molar-refractivity contribution < 1.29 is 19.1 Å². The first-order valence-electron chi connectivity index (χ1n) is 9.23. The fourth-order valence-corrected chi connectivity index (χ4v) is 3.33. The summed E-state index contributed by atoms with van der Waals surface area (Å²) in [4.78, 5) is 36.7. The van der Waals surface area contributed by atoms with E-state index in [0.717, 1.165) is 12.8 Å². The van der Waals surface area contributed by atoms with Crippen molar-refractivity contribution in [2.24, 2.45) is 5.92 Å². The van der Waals surface area contributed by atoms with Crippen molar-refractivity contribution >= 4 is 17.8 Å². The van der Waals surface area contributed by atoms with Crippen LogP contribution in [0.15, 0.2) is 30.3 Å². The smallest absolute Gasteiger partial charge is 0.333 e. The molecule has 2 unspecified atom stereocenters. The molecule has 2 amide bonds. The van der Waals surface area contributed by atoms with Gasteiger partial charge in [0.15, 0.2) is 6.04 Å². The Kier molecular flexibility index (Phi) is 7.63. The molecule has 0 aliphatic heterocycles. The average Bonchev–Trinajstić information content (AvgIpc) is 2.66. The fraction of sp³-hybridized carbons (Fsp3) is 0.550. The predicted molar refractivity (Wildman–Crippen MR) is 98.1 cm³/mol. The summed E-state index contributed by atoms with van der Waals surface area (Å²) in [6.07, 6.45) is 6.19. The summed E-state index contributed by atoms with van der Waals surface area (Å²) < 4.78 is 4.79. The molecule has 6 heteroatoms. The molecule has 1 aliphatic rings. The molecule has 1 fully saturated rings. The second-order valence-corrected chi connectivity index (χ2v) is 6.87. The Balaban J connectivity index is 1.91. The van der Waals surface area contributed by atoms with E-state index in [0.29, 0.717) is 17.9 Å². The van der Waals surface area contributed by atoms with Gasteiger partial charge < -0.3 is 15.4 Å². The lowest BCUT2D eigenvalue weighted by Gasteiger charge is -2.23. The summed E-state index contributed by atoms with van der Waals surface area (Å²) in [7, 11) is 1.28. The van der Waals surface area contributed by atoms with Crippen molar-refractivity contribution in [3.8, 4) is 0 Å². The number of benzene rings is 1. The van der Waals surface area contributed by atoms with Gasteiger partial charge in [-0.15, -0.1) is 0 Å². The van der Waals surface area contributed by atoms with E-state index in [1.807, 2.05) is 6.07 Å². The van der Waals surface area contributed by atoms with Gasteiger partial charge in [-0.2, -0.15) is 0 Å². The van der Waals surface area contributed by atoms with Crippen LogP contribution in [0, 0.1) is 5.92 Å². The van der Waals surface area contributed by atoms with Crippen molar-refractivity contribution in [1.29, 1.82) is 0 Å². The van der Waals surface area contributed by atoms with E-state index in [1.165, 1.54) is 26.4 Å². The van der Waals surface area contributed by atoms with Crippen LogP contribution in [0.2, 0.25) is 0 Å². The van der Waals surface area contributed by atoms with Crippen molar-refractivity contribution in [1.82, 2.24) is 10.6 Å². The third-order valence-corrected chi connectivity index (χ3v) is 4.83. The maximum Gasteiger partial charge on any atom is 0.333 e. The van der Waals surface area contributed by atoms with E-state index < -0.39 is 24.0 Å². The summed E-state index contributed by atoms with van der Waals surface area (Å²) in [6, 6.07) is 7.27. The van der Waals surface area contributed by atoms with Gasteiger partial charge in [0.2, 0.25) is 11.8 Å². The molecule has 26 heavy (non-hydrogen) atoms.